The van der Waals surface area contributed by atoms with E-state index in [9.17, 15) is 9.59 Å². The molecule has 0 aliphatic carbocycles. The van der Waals surface area contributed by atoms with Gasteiger partial charge in [0.15, 0.2) is 0 Å². The number of rotatable bonds is 6. The molecule has 0 saturated carbocycles. The summed E-state index contributed by atoms with van der Waals surface area (Å²) in [4.78, 5) is 21.4. The third-order valence-electron chi connectivity index (χ3n) is 1.04. The Kier molecular flexibility index (Phi) is 3.25. The molecule has 0 fully saturated rings. The summed E-state index contributed by atoms with van der Waals surface area (Å²) in [7, 11) is 0. The SMILES string of the molecule is [2H]C(=C)C(=O)OCCCOC(=O)C([2H])=C.[2H][2H].[2H][2H]. The summed E-state index contributed by atoms with van der Waals surface area (Å²) in [6.07, 6.45) is 0.304. The average molecular weight is 194 g/mol. The van der Waals surface area contributed by atoms with Crippen LogP contribution in [0, 0.1) is 0 Å². The molecule has 0 rings (SSSR count). The molecule has 0 radical (unpaired) electrons. The van der Waals surface area contributed by atoms with E-state index in [1.807, 2.05) is 0 Å². The monoisotopic (exact) mass is 194 g/mol. The predicted molar refractivity (Wildman–Crippen MR) is 51.2 cm³/mol. The molecule has 0 spiro atoms. The molecule has 4 heteroatoms. The highest BCUT2D eigenvalue weighted by atomic mass is 16.5. The van der Waals surface area contributed by atoms with E-state index in [1.165, 1.54) is 0 Å². The summed E-state index contributed by atoms with van der Waals surface area (Å²) >= 11 is 0. The van der Waals surface area contributed by atoms with Gasteiger partial charge < -0.3 is 9.47 Å². The van der Waals surface area contributed by atoms with Crippen LogP contribution in [0.15, 0.2) is 25.3 Å². The summed E-state index contributed by atoms with van der Waals surface area (Å²) < 4.78 is 42.7. The summed E-state index contributed by atoms with van der Waals surface area (Å²) in [6.45, 7) is 6.22. The van der Waals surface area contributed by atoms with Crippen LogP contribution in [0.5, 0.6) is 0 Å². The van der Waals surface area contributed by atoms with Gasteiger partial charge in [0, 0.05) is 24.5 Å². The Morgan fingerprint density at radius 3 is 2.00 bits per heavy atom. The van der Waals surface area contributed by atoms with E-state index in [0.29, 0.717) is 6.42 Å². The third-order valence-corrected chi connectivity index (χ3v) is 1.04. The molecule has 0 atom stereocenters. The molecule has 0 aliphatic rings. The number of esters is 2. The van der Waals surface area contributed by atoms with Gasteiger partial charge in [0.2, 0.25) is 0 Å². The van der Waals surface area contributed by atoms with E-state index in [0.717, 1.165) is 0 Å². The first-order valence-electron chi connectivity index (χ1n) is 6.60. The van der Waals surface area contributed by atoms with E-state index < -0.39 is 24.0 Å². The van der Waals surface area contributed by atoms with Crippen LogP contribution in [0.4, 0.5) is 0 Å². The molecular formula is C9H16O4. The van der Waals surface area contributed by atoms with Crippen molar-refractivity contribution in [3.05, 3.63) is 25.3 Å². The van der Waals surface area contributed by atoms with E-state index in [4.69, 9.17) is 8.68 Å². The first-order chi connectivity index (χ1) is 8.95. The van der Waals surface area contributed by atoms with Crippen LogP contribution in [0.1, 0.15) is 15.1 Å². The number of carbonyl (C=O) groups excluding carboxylic acids is 2. The van der Waals surface area contributed by atoms with Gasteiger partial charge in [0.05, 0.1) is 16.0 Å². The van der Waals surface area contributed by atoms with Gasteiger partial charge in [0.25, 0.3) is 0 Å². The van der Waals surface area contributed by atoms with Gasteiger partial charge in [-0.05, 0) is 0 Å². The first-order valence-corrected chi connectivity index (χ1v) is 3.60. The molecule has 0 saturated heterocycles. The van der Waals surface area contributed by atoms with Crippen molar-refractivity contribution in [2.24, 2.45) is 0 Å². The molecule has 13 heavy (non-hydrogen) atoms. The molecule has 0 unspecified atom stereocenters. The Labute approximate surface area is 85.8 Å². The first kappa shape index (κ1) is 5.96. The molecule has 0 bridgehead atoms. The van der Waals surface area contributed by atoms with Gasteiger partial charge in [-0.25, -0.2) is 9.59 Å². The highest BCUT2D eigenvalue weighted by Crippen LogP contribution is 1.87. The fourth-order valence-electron chi connectivity index (χ4n) is 0.491. The molecule has 0 N–H and O–H groups in total. The van der Waals surface area contributed by atoms with Gasteiger partial charge in [-0.3, -0.25) is 0 Å². The van der Waals surface area contributed by atoms with Crippen LogP contribution in [0.25, 0.3) is 0 Å². The fraction of sp³-hybridized carbons (Fsp3) is 0.333. The number of carbonyl (C=O) groups is 2. The summed E-state index contributed by atoms with van der Waals surface area (Å²) in [5.41, 5.74) is 0. The minimum absolute atomic E-state index is 0.0362. The number of ether oxygens (including phenoxy) is 2. The van der Waals surface area contributed by atoms with Crippen molar-refractivity contribution in [1.82, 2.24) is 0 Å². The predicted octanol–water partition coefficient (Wildman–Crippen LogP) is 1.33. The van der Waals surface area contributed by atoms with Crippen LogP contribution < -0.4 is 0 Å². The standard InChI is InChI=1S/C9H12O4.2H2/c1-3-8(10)12-6-5-7-13-9(11)4-2;;/h3-4H,1-2,5-7H2;2*1H/i3D,4D;2*1+1D. The zero-order chi connectivity index (χ0) is 15.8. The molecule has 76 valence electrons. The van der Waals surface area contributed by atoms with Crippen LogP contribution in [0.3, 0.4) is 0 Å². The summed E-state index contributed by atoms with van der Waals surface area (Å²) in [6, 6.07) is -0.849. The third kappa shape index (κ3) is 6.80. The molecular weight excluding hydrogens is 172 g/mol. The molecule has 0 aliphatic heterocycles. The molecule has 0 aromatic carbocycles. The second-order valence-electron chi connectivity index (χ2n) is 1.98. The average Bonchev–Trinajstić information content (AvgIpc) is 2.42. The Bertz CT molecular complexity index is 266. The Balaban J connectivity index is -0.000000579. The zero-order valence-corrected chi connectivity index (χ0v) is 7.17. The van der Waals surface area contributed by atoms with Crippen LogP contribution in [-0.4, -0.2) is 25.2 Å². The second-order valence-corrected chi connectivity index (χ2v) is 1.98. The lowest BCUT2D eigenvalue weighted by atomic mass is 10.5. The maximum absolute atomic E-state index is 10.7. The minimum atomic E-state index is -0.800. The highest BCUT2D eigenvalue weighted by molar-refractivity contribution is 5.81. The lowest BCUT2D eigenvalue weighted by molar-refractivity contribution is -0.140. The van der Waals surface area contributed by atoms with Crippen molar-refractivity contribution in [2.45, 2.75) is 6.42 Å². The van der Waals surface area contributed by atoms with Crippen LogP contribution in [0.2, 0.25) is 0 Å². The van der Waals surface area contributed by atoms with Crippen molar-refractivity contribution in [3.8, 4) is 0 Å². The maximum atomic E-state index is 10.7. The number of hydrogen-bond donors (Lipinski definition) is 0. The smallest absolute Gasteiger partial charge is 0.330 e. The summed E-state index contributed by atoms with van der Waals surface area (Å²) in [5, 5.41) is 0. The number of hydrogen-bond acceptors (Lipinski definition) is 4. The van der Waals surface area contributed by atoms with Crippen LogP contribution >= 0.6 is 0 Å². The van der Waals surface area contributed by atoms with Crippen molar-refractivity contribution in [3.63, 3.8) is 0 Å². The van der Waals surface area contributed by atoms with Gasteiger partial charge in [-0.2, -0.15) is 0 Å². The van der Waals surface area contributed by atoms with Crippen molar-refractivity contribution < 1.29 is 27.7 Å². The summed E-state index contributed by atoms with van der Waals surface area (Å²) in [5.74, 6) is -1.60. The lowest BCUT2D eigenvalue weighted by Crippen LogP contribution is -2.07. The second kappa shape index (κ2) is 7.09. The highest BCUT2D eigenvalue weighted by Gasteiger charge is 1.97. The van der Waals surface area contributed by atoms with Gasteiger partial charge in [0.1, 0.15) is 0 Å². The van der Waals surface area contributed by atoms with Crippen LogP contribution in [-0.2, 0) is 19.1 Å². The van der Waals surface area contributed by atoms with E-state index in [2.05, 4.69) is 22.6 Å². The lowest BCUT2D eigenvalue weighted by Gasteiger charge is -2.02. The molecule has 0 aromatic rings. The molecule has 0 aromatic heterocycles. The van der Waals surface area contributed by atoms with Crippen molar-refractivity contribution >= 4 is 11.9 Å². The molecule has 0 heterocycles. The molecule has 0 amide bonds. The quantitative estimate of drug-likeness (QED) is 0.363. The Hall–Kier alpha value is -1.58. The Morgan fingerprint density at radius 2 is 1.69 bits per heavy atom. The zero-order valence-electron chi connectivity index (χ0n) is 13.2. The van der Waals surface area contributed by atoms with Crippen molar-refractivity contribution in [2.75, 3.05) is 13.2 Å². The topological polar surface area (TPSA) is 52.6 Å². The van der Waals surface area contributed by atoms with E-state index in [1.54, 1.807) is 0 Å². The normalized spacial score (nSPS) is 12.0. The maximum Gasteiger partial charge on any atom is 0.330 e. The Morgan fingerprint density at radius 1 is 1.31 bits per heavy atom. The van der Waals surface area contributed by atoms with E-state index in [-0.39, 0.29) is 13.2 Å². The largest absolute Gasteiger partial charge is 0.462 e. The van der Waals surface area contributed by atoms with Gasteiger partial charge in [-0.1, -0.05) is 13.2 Å². The van der Waals surface area contributed by atoms with Gasteiger partial charge in [-0.15, -0.1) is 0 Å². The fourth-order valence-corrected chi connectivity index (χ4v) is 0.491. The van der Waals surface area contributed by atoms with E-state index >= 15 is 0 Å². The van der Waals surface area contributed by atoms with Gasteiger partial charge >= 0.3 is 11.9 Å². The van der Waals surface area contributed by atoms with Crippen molar-refractivity contribution in [1.29, 1.82) is 0 Å². The molecule has 4 nitrogen and oxygen atoms in total. The minimum Gasteiger partial charge on any atom is -0.462 e.